The van der Waals surface area contributed by atoms with Gasteiger partial charge in [-0.1, -0.05) is 0 Å². The zero-order chi connectivity index (χ0) is 15.7. The van der Waals surface area contributed by atoms with Crippen LogP contribution in [-0.4, -0.2) is 113 Å². The summed E-state index contributed by atoms with van der Waals surface area (Å²) in [5.74, 6) is -4.91. The third-order valence-corrected chi connectivity index (χ3v) is 2.17. The first kappa shape index (κ1) is 21.7. The van der Waals surface area contributed by atoms with Gasteiger partial charge in [-0.05, 0) is 0 Å². The molecule has 0 aromatic carbocycles. The molecule has 10 nitrogen and oxygen atoms in total. The maximum absolute atomic E-state index is 10.6. The van der Waals surface area contributed by atoms with Gasteiger partial charge >= 0.3 is 43.7 Å². The van der Waals surface area contributed by atoms with Gasteiger partial charge in [-0.15, -0.1) is 0 Å². The molecule has 0 aromatic heterocycles. The van der Waals surface area contributed by atoms with Gasteiger partial charge in [0.15, 0.2) is 0 Å². The van der Waals surface area contributed by atoms with Gasteiger partial charge in [-0.25, -0.2) is 0 Å². The molecule has 0 aliphatic rings. The van der Waals surface area contributed by atoms with Gasteiger partial charge in [0.1, 0.15) is 0 Å². The maximum atomic E-state index is 10.6. The number of carbonyl (C=O) groups is 4. The molecule has 4 N–H and O–H groups in total. The van der Waals surface area contributed by atoms with Crippen LogP contribution in [0.25, 0.3) is 0 Å². The van der Waals surface area contributed by atoms with Crippen molar-refractivity contribution >= 4 is 43.7 Å². The summed E-state index contributed by atoms with van der Waals surface area (Å²) in [5, 5.41) is 34.5. The Labute approximate surface area is 133 Å². The van der Waals surface area contributed by atoms with E-state index in [-0.39, 0.29) is 32.9 Å². The van der Waals surface area contributed by atoms with E-state index < -0.39 is 50.1 Å². The van der Waals surface area contributed by atoms with E-state index in [2.05, 4.69) is 0 Å². The Morgan fingerprint density at radius 1 is 0.571 bits per heavy atom. The first-order valence-corrected chi connectivity index (χ1v) is 5.52. The van der Waals surface area contributed by atoms with Crippen molar-refractivity contribution in [2.75, 3.05) is 39.3 Å². The molecule has 21 heavy (non-hydrogen) atoms. The number of carboxylic acid groups (broad SMARTS) is 4. The molecule has 11 heteroatoms. The molecular formula is C10H19GaN2O8. The minimum atomic E-state index is -1.23. The molecule has 0 spiro atoms. The SMILES string of the molecule is O=C(O)CN(CCN(CC(=O)O)CC(=O)O)CC(=O)O.[GaH3]. The number of carboxylic acids is 4. The molecule has 120 valence electrons. The fourth-order valence-electron chi connectivity index (χ4n) is 1.48. The average molecular weight is 365 g/mol. The standard InChI is InChI=1S/C10H16N2O8.Ga.3H/c13-7(14)3-11(4-8(15)16)1-2-12(5-9(17)18)6-10(19)20;;;;/h1-6H2,(H,13,14)(H,15,16)(H,17,18)(H,19,20);;;;. The molecule has 0 aliphatic heterocycles. The monoisotopic (exact) mass is 364 g/mol. The fraction of sp³-hybridized carbons (Fsp3) is 0.600. The fourth-order valence-corrected chi connectivity index (χ4v) is 1.48. The van der Waals surface area contributed by atoms with Crippen molar-refractivity contribution in [3.8, 4) is 0 Å². The van der Waals surface area contributed by atoms with Crippen molar-refractivity contribution in [1.29, 1.82) is 0 Å². The minimum absolute atomic E-state index is 0. The molecule has 0 unspecified atom stereocenters. The molecule has 0 bridgehead atoms. The molecule has 0 rings (SSSR count). The van der Waals surface area contributed by atoms with Crippen LogP contribution in [0.1, 0.15) is 0 Å². The van der Waals surface area contributed by atoms with Gasteiger partial charge in [-0.3, -0.25) is 29.0 Å². The predicted molar refractivity (Wildman–Crippen MR) is 73.4 cm³/mol. The van der Waals surface area contributed by atoms with Gasteiger partial charge in [-0.2, -0.15) is 0 Å². The van der Waals surface area contributed by atoms with Crippen molar-refractivity contribution in [2.45, 2.75) is 0 Å². The van der Waals surface area contributed by atoms with Crippen LogP contribution in [0.2, 0.25) is 0 Å². The van der Waals surface area contributed by atoms with Crippen LogP contribution in [-0.2, 0) is 19.2 Å². The van der Waals surface area contributed by atoms with E-state index in [0.29, 0.717) is 0 Å². The topological polar surface area (TPSA) is 156 Å². The number of hydrogen-bond donors (Lipinski definition) is 4. The first-order valence-electron chi connectivity index (χ1n) is 5.52. The van der Waals surface area contributed by atoms with Crippen LogP contribution >= 0.6 is 0 Å². The van der Waals surface area contributed by atoms with Gasteiger partial charge in [0.05, 0.1) is 26.2 Å². The van der Waals surface area contributed by atoms with Crippen LogP contribution < -0.4 is 0 Å². The molecule has 0 aromatic rings. The van der Waals surface area contributed by atoms with E-state index in [4.69, 9.17) is 20.4 Å². The van der Waals surface area contributed by atoms with Crippen LogP contribution in [0.15, 0.2) is 0 Å². The van der Waals surface area contributed by atoms with Crippen LogP contribution in [0, 0.1) is 0 Å². The second-order valence-corrected chi connectivity index (χ2v) is 4.00. The van der Waals surface area contributed by atoms with Crippen molar-refractivity contribution in [3.63, 3.8) is 0 Å². The van der Waals surface area contributed by atoms with E-state index in [1.807, 2.05) is 0 Å². The molecule has 0 heterocycles. The van der Waals surface area contributed by atoms with Crippen molar-refractivity contribution in [2.24, 2.45) is 0 Å². The summed E-state index contributed by atoms with van der Waals surface area (Å²) in [5.41, 5.74) is 0. The van der Waals surface area contributed by atoms with Crippen molar-refractivity contribution in [1.82, 2.24) is 9.80 Å². The van der Waals surface area contributed by atoms with E-state index in [9.17, 15) is 19.2 Å². The zero-order valence-corrected chi connectivity index (χ0v) is 10.6. The van der Waals surface area contributed by atoms with Crippen LogP contribution in [0.5, 0.6) is 0 Å². The third kappa shape index (κ3) is 13.2. The molecule has 0 amide bonds. The average Bonchev–Trinajstić information content (AvgIpc) is 2.22. The molecule has 0 fully saturated rings. The molecule has 0 saturated heterocycles. The Bertz CT molecular complexity index is 321. The number of rotatable bonds is 11. The van der Waals surface area contributed by atoms with E-state index in [0.717, 1.165) is 9.80 Å². The normalized spacial score (nSPS) is 10.2. The van der Waals surface area contributed by atoms with Gasteiger partial charge in [0.25, 0.3) is 0 Å². The summed E-state index contributed by atoms with van der Waals surface area (Å²) < 4.78 is 0. The molecule has 0 saturated carbocycles. The summed E-state index contributed by atoms with van der Waals surface area (Å²) in [4.78, 5) is 44.4. The van der Waals surface area contributed by atoms with E-state index in [1.54, 1.807) is 0 Å². The Balaban J connectivity index is 0. The van der Waals surface area contributed by atoms with Crippen LogP contribution in [0.4, 0.5) is 0 Å². The van der Waals surface area contributed by atoms with E-state index in [1.165, 1.54) is 0 Å². The predicted octanol–water partition coefficient (Wildman–Crippen LogP) is -3.26. The zero-order valence-electron chi connectivity index (χ0n) is 10.6. The number of aliphatic carboxylic acids is 4. The number of nitrogens with zero attached hydrogens (tertiary/aromatic N) is 2. The Morgan fingerprint density at radius 2 is 0.762 bits per heavy atom. The Kier molecular flexibility index (Phi) is 11.5. The van der Waals surface area contributed by atoms with E-state index >= 15 is 0 Å². The summed E-state index contributed by atoms with van der Waals surface area (Å²) >= 11 is 0. The third-order valence-electron chi connectivity index (χ3n) is 2.17. The van der Waals surface area contributed by atoms with Gasteiger partial charge < -0.3 is 20.4 Å². The summed E-state index contributed by atoms with van der Waals surface area (Å²) in [6.45, 7) is -2.25. The molecule has 0 aliphatic carbocycles. The quantitative estimate of drug-likeness (QED) is 0.274. The van der Waals surface area contributed by atoms with Crippen molar-refractivity contribution in [3.05, 3.63) is 0 Å². The number of hydrogen-bond acceptors (Lipinski definition) is 6. The van der Waals surface area contributed by atoms with Crippen LogP contribution in [0.3, 0.4) is 0 Å². The first-order chi connectivity index (χ1) is 9.20. The van der Waals surface area contributed by atoms with Gasteiger partial charge in [0.2, 0.25) is 0 Å². The molecular weight excluding hydrogens is 346 g/mol. The summed E-state index contributed by atoms with van der Waals surface area (Å²) in [6, 6.07) is 0. The Morgan fingerprint density at radius 3 is 0.905 bits per heavy atom. The molecule has 0 radical (unpaired) electrons. The van der Waals surface area contributed by atoms with Gasteiger partial charge in [0, 0.05) is 13.1 Å². The summed E-state index contributed by atoms with van der Waals surface area (Å²) in [7, 11) is 0. The second kappa shape index (κ2) is 11.1. The van der Waals surface area contributed by atoms with Crippen molar-refractivity contribution < 1.29 is 39.6 Å². The molecule has 0 atom stereocenters. The summed E-state index contributed by atoms with van der Waals surface area (Å²) in [6.07, 6.45) is 0. The Hall–Kier alpha value is -1.56. The second-order valence-electron chi connectivity index (χ2n) is 4.00.